The van der Waals surface area contributed by atoms with E-state index in [1.165, 1.54) is 30.3 Å². The molecule has 0 spiro atoms. The number of nitrogens with zero attached hydrogens (tertiary/aromatic N) is 3. The van der Waals surface area contributed by atoms with Gasteiger partial charge in [0.15, 0.2) is 0 Å². The molecular formula is C28H30F4N4O. The van der Waals surface area contributed by atoms with Gasteiger partial charge >= 0.3 is 6.18 Å². The molecule has 4 rings (SSSR count). The van der Waals surface area contributed by atoms with Gasteiger partial charge < -0.3 is 15.1 Å². The van der Waals surface area contributed by atoms with Crippen molar-refractivity contribution >= 4 is 17.3 Å². The standard InChI is InChI=1S/C28H30F4N4O/c1-34(2)22-11-7-20(8-12-22)26(19-33-27(37)24-5-3-4-6-25(24)28(30,31)32)36-17-15-35(16-18-36)23-13-9-21(29)10-14-23/h3-14,26H,15-19H2,1-2H3,(H,33,37). The van der Waals surface area contributed by atoms with Crippen LogP contribution in [-0.2, 0) is 6.18 Å². The maximum atomic E-state index is 13.4. The van der Waals surface area contributed by atoms with Crippen LogP contribution in [0.15, 0.2) is 72.8 Å². The predicted molar refractivity (Wildman–Crippen MR) is 137 cm³/mol. The lowest BCUT2D eigenvalue weighted by molar-refractivity contribution is -0.137. The minimum Gasteiger partial charge on any atom is -0.378 e. The molecule has 37 heavy (non-hydrogen) atoms. The Morgan fingerprint density at radius 3 is 2.14 bits per heavy atom. The summed E-state index contributed by atoms with van der Waals surface area (Å²) in [5.74, 6) is -1.04. The van der Waals surface area contributed by atoms with E-state index in [1.54, 1.807) is 12.1 Å². The molecule has 0 radical (unpaired) electrons. The molecule has 1 saturated heterocycles. The summed E-state index contributed by atoms with van der Waals surface area (Å²) < 4.78 is 53.7. The molecule has 1 atom stereocenters. The SMILES string of the molecule is CN(C)c1ccc(C(CNC(=O)c2ccccc2C(F)(F)F)N2CCN(c3ccc(F)cc3)CC2)cc1. The first-order valence-electron chi connectivity index (χ1n) is 12.1. The second kappa shape index (κ2) is 11.2. The van der Waals surface area contributed by atoms with E-state index >= 15 is 0 Å². The number of anilines is 2. The third kappa shape index (κ3) is 6.40. The van der Waals surface area contributed by atoms with Gasteiger partial charge in [-0.2, -0.15) is 13.2 Å². The Kier molecular flexibility index (Phi) is 8.02. The van der Waals surface area contributed by atoms with Crippen LogP contribution >= 0.6 is 0 Å². The van der Waals surface area contributed by atoms with E-state index in [2.05, 4.69) is 15.1 Å². The van der Waals surface area contributed by atoms with Crippen LogP contribution in [0.3, 0.4) is 0 Å². The van der Waals surface area contributed by atoms with E-state index in [1.807, 2.05) is 43.3 Å². The summed E-state index contributed by atoms with van der Waals surface area (Å²) in [6.45, 7) is 2.90. The van der Waals surface area contributed by atoms with Crippen molar-refractivity contribution < 1.29 is 22.4 Å². The number of benzene rings is 3. The highest BCUT2D eigenvalue weighted by molar-refractivity contribution is 5.95. The summed E-state index contributed by atoms with van der Waals surface area (Å²) in [6, 6.07) is 18.9. The normalized spacial score (nSPS) is 15.4. The first-order valence-corrected chi connectivity index (χ1v) is 12.1. The zero-order valence-electron chi connectivity index (χ0n) is 20.8. The van der Waals surface area contributed by atoms with Gasteiger partial charge in [-0.25, -0.2) is 4.39 Å². The highest BCUT2D eigenvalue weighted by Gasteiger charge is 2.35. The Hall–Kier alpha value is -3.59. The van der Waals surface area contributed by atoms with Crippen molar-refractivity contribution in [2.24, 2.45) is 0 Å². The van der Waals surface area contributed by atoms with Crippen LogP contribution in [0.1, 0.15) is 27.5 Å². The molecule has 0 saturated carbocycles. The molecule has 1 aliphatic heterocycles. The van der Waals surface area contributed by atoms with Gasteiger partial charge in [0, 0.05) is 58.2 Å². The highest BCUT2D eigenvalue weighted by atomic mass is 19.4. The van der Waals surface area contributed by atoms with E-state index < -0.39 is 23.2 Å². The van der Waals surface area contributed by atoms with Crippen LogP contribution in [0.4, 0.5) is 28.9 Å². The van der Waals surface area contributed by atoms with Crippen LogP contribution < -0.4 is 15.1 Å². The minimum atomic E-state index is -4.62. The second-order valence-electron chi connectivity index (χ2n) is 9.25. The van der Waals surface area contributed by atoms with E-state index in [0.717, 1.165) is 23.0 Å². The van der Waals surface area contributed by atoms with E-state index in [0.29, 0.717) is 26.2 Å². The monoisotopic (exact) mass is 514 g/mol. The average Bonchev–Trinajstić information content (AvgIpc) is 2.89. The fourth-order valence-electron chi connectivity index (χ4n) is 4.61. The number of carbonyl (C=O) groups is 1. The number of piperazine rings is 1. The van der Waals surface area contributed by atoms with Crippen LogP contribution in [0.25, 0.3) is 0 Å². The molecule has 0 aromatic heterocycles. The molecule has 1 N–H and O–H groups in total. The molecule has 3 aromatic rings. The lowest BCUT2D eigenvalue weighted by atomic mass is 10.0. The van der Waals surface area contributed by atoms with Crippen molar-refractivity contribution in [3.8, 4) is 0 Å². The van der Waals surface area contributed by atoms with Gasteiger partial charge in [0.25, 0.3) is 5.91 Å². The van der Waals surface area contributed by atoms with Gasteiger partial charge in [-0.1, -0.05) is 24.3 Å². The van der Waals surface area contributed by atoms with Crippen molar-refractivity contribution in [1.29, 1.82) is 0 Å². The zero-order chi connectivity index (χ0) is 26.6. The minimum absolute atomic E-state index is 0.156. The van der Waals surface area contributed by atoms with Crippen LogP contribution in [0.2, 0.25) is 0 Å². The maximum Gasteiger partial charge on any atom is 0.417 e. The molecule has 9 heteroatoms. The molecule has 0 aliphatic carbocycles. The van der Waals surface area contributed by atoms with E-state index in [9.17, 15) is 22.4 Å². The highest BCUT2D eigenvalue weighted by Crippen LogP contribution is 2.32. The molecule has 1 fully saturated rings. The maximum absolute atomic E-state index is 13.4. The van der Waals surface area contributed by atoms with Gasteiger partial charge in [0.1, 0.15) is 5.82 Å². The largest absolute Gasteiger partial charge is 0.417 e. The van der Waals surface area contributed by atoms with Crippen LogP contribution in [0, 0.1) is 5.82 Å². The molecule has 1 aliphatic rings. The van der Waals surface area contributed by atoms with Gasteiger partial charge in [0.2, 0.25) is 0 Å². The molecule has 1 heterocycles. The van der Waals surface area contributed by atoms with Gasteiger partial charge in [0.05, 0.1) is 17.2 Å². The summed E-state index contributed by atoms with van der Waals surface area (Å²) >= 11 is 0. The van der Waals surface area contributed by atoms with E-state index in [4.69, 9.17) is 0 Å². The fourth-order valence-corrected chi connectivity index (χ4v) is 4.61. The molecular weight excluding hydrogens is 484 g/mol. The lowest BCUT2D eigenvalue weighted by Gasteiger charge is -2.40. The summed E-state index contributed by atoms with van der Waals surface area (Å²) in [6.07, 6.45) is -4.62. The first kappa shape index (κ1) is 26.5. The number of halogens is 4. The molecule has 0 bridgehead atoms. The van der Waals surface area contributed by atoms with Crippen LogP contribution in [-0.4, -0.2) is 57.6 Å². The Morgan fingerprint density at radius 2 is 1.54 bits per heavy atom. The Morgan fingerprint density at radius 1 is 0.919 bits per heavy atom. The number of carbonyl (C=O) groups excluding carboxylic acids is 1. The topological polar surface area (TPSA) is 38.8 Å². The molecule has 1 amide bonds. The molecule has 1 unspecified atom stereocenters. The third-order valence-electron chi connectivity index (χ3n) is 6.67. The summed E-state index contributed by atoms with van der Waals surface area (Å²) in [5.41, 5.74) is 1.58. The number of hydrogen-bond donors (Lipinski definition) is 1. The lowest BCUT2D eigenvalue weighted by Crippen LogP contribution is -2.50. The third-order valence-corrected chi connectivity index (χ3v) is 6.67. The van der Waals surface area contributed by atoms with E-state index in [-0.39, 0.29) is 18.4 Å². The van der Waals surface area contributed by atoms with Crippen LogP contribution in [0.5, 0.6) is 0 Å². The quantitative estimate of drug-likeness (QED) is 0.440. The number of nitrogens with one attached hydrogen (secondary N) is 1. The Balaban J connectivity index is 1.51. The Bertz CT molecular complexity index is 1190. The number of rotatable bonds is 7. The smallest absolute Gasteiger partial charge is 0.378 e. The molecule has 196 valence electrons. The summed E-state index contributed by atoms with van der Waals surface area (Å²) in [5, 5.41) is 2.75. The zero-order valence-corrected chi connectivity index (χ0v) is 20.8. The van der Waals surface area contributed by atoms with Crippen molar-refractivity contribution in [2.45, 2.75) is 12.2 Å². The fraction of sp³-hybridized carbons (Fsp3) is 0.321. The summed E-state index contributed by atoms with van der Waals surface area (Å²) in [7, 11) is 3.89. The van der Waals surface area contributed by atoms with Gasteiger partial charge in [-0.15, -0.1) is 0 Å². The van der Waals surface area contributed by atoms with Gasteiger partial charge in [-0.3, -0.25) is 9.69 Å². The van der Waals surface area contributed by atoms with Crippen molar-refractivity contribution in [2.75, 3.05) is 56.6 Å². The number of alkyl halides is 3. The summed E-state index contributed by atoms with van der Waals surface area (Å²) in [4.78, 5) is 19.2. The predicted octanol–water partition coefficient (Wildman–Crippen LogP) is 5.20. The molecule has 3 aromatic carbocycles. The van der Waals surface area contributed by atoms with Crippen molar-refractivity contribution in [3.05, 3.63) is 95.3 Å². The number of hydrogen-bond acceptors (Lipinski definition) is 4. The second-order valence-corrected chi connectivity index (χ2v) is 9.25. The molecule has 5 nitrogen and oxygen atoms in total. The van der Waals surface area contributed by atoms with Crippen molar-refractivity contribution in [1.82, 2.24) is 10.2 Å². The Labute approximate surface area is 214 Å². The van der Waals surface area contributed by atoms with Gasteiger partial charge in [-0.05, 0) is 54.1 Å². The van der Waals surface area contributed by atoms with Crippen molar-refractivity contribution in [3.63, 3.8) is 0 Å². The average molecular weight is 515 g/mol. The number of amides is 1. The first-order chi connectivity index (χ1) is 17.6.